The van der Waals surface area contributed by atoms with Crippen molar-refractivity contribution in [3.8, 4) is 0 Å². The molecule has 0 unspecified atom stereocenters. The zero-order valence-electron chi connectivity index (χ0n) is 10.5. The largest absolute Gasteiger partial charge is 0.481 e. The molecule has 2 bridgehead atoms. The molecule has 2 aliphatic rings. The lowest BCUT2D eigenvalue weighted by atomic mass is 9.79. The van der Waals surface area contributed by atoms with E-state index in [0.717, 1.165) is 24.1 Å². The second-order valence-electron chi connectivity index (χ2n) is 5.52. The fraction of sp³-hybridized carbons (Fsp3) is 0.571. The Morgan fingerprint density at radius 1 is 1.32 bits per heavy atom. The van der Waals surface area contributed by atoms with Gasteiger partial charge in [-0.1, -0.05) is 6.07 Å². The monoisotopic (exact) mass is 279 g/mol. The smallest absolute Gasteiger partial charge is 0.307 e. The van der Waals surface area contributed by atoms with Gasteiger partial charge in [0, 0.05) is 4.88 Å². The molecular formula is C14H17NO3S. The summed E-state index contributed by atoms with van der Waals surface area (Å²) in [5.74, 6) is -1.19. The molecule has 0 saturated heterocycles. The second kappa shape index (κ2) is 4.96. The number of nitrogens with one attached hydrogen (secondary N) is 1. The zero-order chi connectivity index (χ0) is 13.4. The molecule has 4 atom stereocenters. The first kappa shape index (κ1) is 12.7. The number of amides is 1. The molecule has 5 heteroatoms. The first-order valence-corrected chi connectivity index (χ1v) is 7.57. The normalized spacial score (nSPS) is 32.4. The van der Waals surface area contributed by atoms with E-state index in [9.17, 15) is 14.7 Å². The van der Waals surface area contributed by atoms with Crippen LogP contribution >= 0.6 is 11.3 Å². The third kappa shape index (κ3) is 2.27. The van der Waals surface area contributed by atoms with E-state index in [-0.39, 0.29) is 23.7 Å². The molecule has 4 nitrogen and oxygen atoms in total. The summed E-state index contributed by atoms with van der Waals surface area (Å²) >= 11 is 1.60. The van der Waals surface area contributed by atoms with E-state index in [1.165, 1.54) is 0 Å². The van der Waals surface area contributed by atoms with Gasteiger partial charge in [-0.3, -0.25) is 9.59 Å². The zero-order valence-corrected chi connectivity index (χ0v) is 11.4. The Labute approximate surface area is 115 Å². The molecule has 2 N–H and O–H groups in total. The Morgan fingerprint density at radius 2 is 2.05 bits per heavy atom. The van der Waals surface area contributed by atoms with Crippen molar-refractivity contribution in [1.29, 1.82) is 0 Å². The molecule has 3 rings (SSSR count). The van der Waals surface area contributed by atoms with E-state index in [0.29, 0.717) is 6.54 Å². The van der Waals surface area contributed by atoms with E-state index < -0.39 is 11.9 Å². The molecule has 0 aromatic carbocycles. The van der Waals surface area contributed by atoms with Crippen LogP contribution in [0, 0.1) is 23.7 Å². The number of rotatable bonds is 4. The highest BCUT2D eigenvalue weighted by Gasteiger charge is 2.53. The summed E-state index contributed by atoms with van der Waals surface area (Å²) in [5.41, 5.74) is 0. The van der Waals surface area contributed by atoms with Gasteiger partial charge in [-0.15, -0.1) is 11.3 Å². The number of carbonyl (C=O) groups is 2. The highest BCUT2D eigenvalue weighted by Crippen LogP contribution is 2.52. The van der Waals surface area contributed by atoms with Crippen LogP contribution in [-0.2, 0) is 16.1 Å². The van der Waals surface area contributed by atoms with Crippen molar-refractivity contribution in [1.82, 2.24) is 5.32 Å². The Kier molecular flexibility index (Phi) is 3.31. The average molecular weight is 279 g/mol. The summed E-state index contributed by atoms with van der Waals surface area (Å²) in [5, 5.41) is 14.2. The predicted octanol–water partition coefficient (Wildman–Crippen LogP) is 2.11. The molecule has 1 aromatic rings. The number of fused-ring (bicyclic) bond motifs is 2. The summed E-state index contributed by atoms with van der Waals surface area (Å²) in [6.07, 6.45) is 2.88. The van der Waals surface area contributed by atoms with Gasteiger partial charge in [0.25, 0.3) is 0 Å². The van der Waals surface area contributed by atoms with Crippen LogP contribution in [-0.4, -0.2) is 17.0 Å². The van der Waals surface area contributed by atoms with Gasteiger partial charge in [-0.05, 0) is 42.5 Å². The first-order chi connectivity index (χ1) is 9.16. The quantitative estimate of drug-likeness (QED) is 0.887. The van der Waals surface area contributed by atoms with Crippen molar-refractivity contribution in [2.75, 3.05) is 0 Å². The third-order valence-corrected chi connectivity index (χ3v) is 5.40. The number of hydrogen-bond donors (Lipinski definition) is 2. The lowest BCUT2D eigenvalue weighted by Crippen LogP contribution is -2.40. The maximum Gasteiger partial charge on any atom is 0.307 e. The van der Waals surface area contributed by atoms with Crippen LogP contribution in [0.2, 0.25) is 0 Å². The van der Waals surface area contributed by atoms with Crippen LogP contribution in [0.1, 0.15) is 24.1 Å². The van der Waals surface area contributed by atoms with Crippen molar-refractivity contribution in [2.45, 2.75) is 25.8 Å². The van der Waals surface area contributed by atoms with Gasteiger partial charge in [0.15, 0.2) is 0 Å². The Morgan fingerprint density at radius 3 is 2.68 bits per heavy atom. The van der Waals surface area contributed by atoms with Gasteiger partial charge in [-0.25, -0.2) is 0 Å². The topological polar surface area (TPSA) is 66.4 Å². The van der Waals surface area contributed by atoms with Crippen molar-refractivity contribution < 1.29 is 14.7 Å². The van der Waals surface area contributed by atoms with Gasteiger partial charge >= 0.3 is 5.97 Å². The molecule has 102 valence electrons. The minimum Gasteiger partial charge on any atom is -0.481 e. The molecule has 2 saturated carbocycles. The number of carboxylic acid groups (broad SMARTS) is 1. The molecule has 1 amide bonds. The lowest BCUT2D eigenvalue weighted by Gasteiger charge is -2.26. The molecule has 2 aliphatic carbocycles. The van der Waals surface area contributed by atoms with Gasteiger partial charge in [0.1, 0.15) is 0 Å². The van der Waals surface area contributed by atoms with Crippen molar-refractivity contribution >= 4 is 23.2 Å². The van der Waals surface area contributed by atoms with Crippen LogP contribution in [0.3, 0.4) is 0 Å². The number of hydrogen-bond acceptors (Lipinski definition) is 3. The molecule has 0 spiro atoms. The van der Waals surface area contributed by atoms with Gasteiger partial charge in [-0.2, -0.15) is 0 Å². The van der Waals surface area contributed by atoms with E-state index >= 15 is 0 Å². The average Bonchev–Trinajstić information content (AvgIpc) is 3.10. The highest BCUT2D eigenvalue weighted by molar-refractivity contribution is 7.09. The van der Waals surface area contributed by atoms with Gasteiger partial charge in [0.2, 0.25) is 5.91 Å². The van der Waals surface area contributed by atoms with E-state index in [2.05, 4.69) is 5.32 Å². The molecular weight excluding hydrogens is 262 g/mol. The number of thiophene rings is 1. The molecule has 0 aliphatic heterocycles. The Bertz CT molecular complexity index is 485. The molecule has 1 aromatic heterocycles. The van der Waals surface area contributed by atoms with E-state index in [4.69, 9.17) is 0 Å². The fourth-order valence-electron chi connectivity index (χ4n) is 3.73. The van der Waals surface area contributed by atoms with Crippen molar-refractivity contribution in [2.24, 2.45) is 23.7 Å². The molecule has 1 heterocycles. The van der Waals surface area contributed by atoms with Crippen LogP contribution in [0.5, 0.6) is 0 Å². The highest BCUT2D eigenvalue weighted by atomic mass is 32.1. The SMILES string of the molecule is O=C(O)[C@H]1[C@H]2CC[C@H](C2)[C@@H]1C(=O)NCc1cccs1. The van der Waals surface area contributed by atoms with Crippen LogP contribution < -0.4 is 5.32 Å². The summed E-state index contributed by atoms with van der Waals surface area (Å²) in [7, 11) is 0. The van der Waals surface area contributed by atoms with Crippen LogP contribution in [0.4, 0.5) is 0 Å². The van der Waals surface area contributed by atoms with Crippen LogP contribution in [0.15, 0.2) is 17.5 Å². The summed E-state index contributed by atoms with van der Waals surface area (Å²) in [4.78, 5) is 24.7. The van der Waals surface area contributed by atoms with E-state index in [1.807, 2.05) is 17.5 Å². The summed E-state index contributed by atoms with van der Waals surface area (Å²) < 4.78 is 0. The maximum absolute atomic E-state index is 12.3. The number of carboxylic acids is 1. The second-order valence-corrected chi connectivity index (χ2v) is 6.55. The number of aliphatic carboxylic acids is 1. The standard InChI is InChI=1S/C14H17NO3S/c16-13(15-7-10-2-1-5-19-10)11-8-3-4-9(6-8)12(11)14(17)18/h1-2,5,8-9,11-12H,3-4,6-7H2,(H,15,16)(H,17,18)/t8-,9+,11+,12+/m1/s1. The molecule has 19 heavy (non-hydrogen) atoms. The predicted molar refractivity (Wildman–Crippen MR) is 71.6 cm³/mol. The molecule has 0 radical (unpaired) electrons. The first-order valence-electron chi connectivity index (χ1n) is 6.69. The molecule has 2 fully saturated rings. The fourth-order valence-corrected chi connectivity index (χ4v) is 4.37. The van der Waals surface area contributed by atoms with Gasteiger partial charge in [0.05, 0.1) is 18.4 Å². The van der Waals surface area contributed by atoms with Crippen molar-refractivity contribution in [3.05, 3.63) is 22.4 Å². The maximum atomic E-state index is 12.3. The Balaban J connectivity index is 1.66. The minimum atomic E-state index is -0.802. The van der Waals surface area contributed by atoms with E-state index in [1.54, 1.807) is 11.3 Å². The Hall–Kier alpha value is -1.36. The lowest BCUT2D eigenvalue weighted by molar-refractivity contribution is -0.149. The number of carbonyl (C=O) groups excluding carboxylic acids is 1. The van der Waals surface area contributed by atoms with Gasteiger partial charge < -0.3 is 10.4 Å². The third-order valence-electron chi connectivity index (χ3n) is 4.52. The summed E-state index contributed by atoms with van der Waals surface area (Å²) in [6.45, 7) is 0.511. The minimum absolute atomic E-state index is 0.0759. The van der Waals surface area contributed by atoms with Crippen LogP contribution in [0.25, 0.3) is 0 Å². The summed E-state index contributed by atoms with van der Waals surface area (Å²) in [6, 6.07) is 3.92. The van der Waals surface area contributed by atoms with Crippen molar-refractivity contribution in [3.63, 3.8) is 0 Å².